The van der Waals surface area contributed by atoms with Gasteiger partial charge in [0, 0.05) is 45.1 Å². The van der Waals surface area contributed by atoms with Crippen molar-refractivity contribution in [2.45, 2.75) is 57.4 Å². The predicted octanol–water partition coefficient (Wildman–Crippen LogP) is 1.58. The van der Waals surface area contributed by atoms with Crippen LogP contribution in [-0.2, 0) is 33.8 Å². The van der Waals surface area contributed by atoms with Crippen LogP contribution in [0.5, 0.6) is 0 Å². The van der Waals surface area contributed by atoms with E-state index in [0.29, 0.717) is 24.9 Å². The van der Waals surface area contributed by atoms with E-state index < -0.39 is 12.1 Å². The van der Waals surface area contributed by atoms with Gasteiger partial charge in [-0.3, -0.25) is 9.69 Å². The zero-order chi connectivity index (χ0) is 21.7. The van der Waals surface area contributed by atoms with E-state index in [4.69, 9.17) is 14.6 Å². The van der Waals surface area contributed by atoms with Crippen LogP contribution in [0, 0.1) is 5.92 Å². The number of nitrogens with one attached hydrogen (secondary N) is 1. The molecule has 1 saturated carbocycles. The summed E-state index contributed by atoms with van der Waals surface area (Å²) in [6.07, 6.45) is 2.10. The Hall–Kier alpha value is -2.14. The first kappa shape index (κ1) is 22.5. The van der Waals surface area contributed by atoms with E-state index in [1.807, 2.05) is 6.20 Å². The second-order valence-corrected chi connectivity index (χ2v) is 7.85. The summed E-state index contributed by atoms with van der Waals surface area (Å²) in [5, 5.41) is 10.2. The molecule has 4 rings (SSSR count). The molecule has 0 bridgehead atoms. The molecule has 1 amide bonds. The molecule has 3 heterocycles. The molecule has 1 atom stereocenters. The molecule has 1 saturated heterocycles. The number of fused-ring (bicyclic) bond motifs is 1. The lowest BCUT2D eigenvalue weighted by molar-refractivity contribution is -0.192. The Morgan fingerprint density at radius 2 is 1.97 bits per heavy atom. The van der Waals surface area contributed by atoms with Crippen molar-refractivity contribution in [3.63, 3.8) is 0 Å². The number of hydrogen-bond acceptors (Lipinski definition) is 5. The molecule has 1 unspecified atom stereocenters. The summed E-state index contributed by atoms with van der Waals surface area (Å²) in [7, 11) is 0. The third kappa shape index (κ3) is 6.43. The van der Waals surface area contributed by atoms with Crippen molar-refractivity contribution in [2.24, 2.45) is 5.92 Å². The lowest BCUT2D eigenvalue weighted by Gasteiger charge is -2.25. The van der Waals surface area contributed by atoms with E-state index in [2.05, 4.69) is 19.8 Å². The molecule has 0 aromatic carbocycles. The number of rotatable bonds is 5. The summed E-state index contributed by atoms with van der Waals surface area (Å²) < 4.78 is 39.6. The maximum Gasteiger partial charge on any atom is 0.490 e. The minimum absolute atomic E-state index is 0.182. The summed E-state index contributed by atoms with van der Waals surface area (Å²) >= 11 is 0. The monoisotopic (exact) mass is 432 g/mol. The van der Waals surface area contributed by atoms with Crippen LogP contribution in [0.3, 0.4) is 0 Å². The van der Waals surface area contributed by atoms with E-state index >= 15 is 0 Å². The maximum atomic E-state index is 11.9. The van der Waals surface area contributed by atoms with Crippen LogP contribution in [0.1, 0.15) is 37.2 Å². The minimum atomic E-state index is -5.08. The number of alkyl halides is 3. The van der Waals surface area contributed by atoms with Gasteiger partial charge in [-0.15, -0.1) is 0 Å². The first-order valence-corrected chi connectivity index (χ1v) is 10.2. The fourth-order valence-corrected chi connectivity index (χ4v) is 3.67. The van der Waals surface area contributed by atoms with Crippen molar-refractivity contribution < 1.29 is 32.6 Å². The molecule has 1 aliphatic carbocycles. The number of carboxylic acid groups (broad SMARTS) is 1. The Balaban J connectivity index is 0.000000318. The lowest BCUT2D eigenvalue weighted by atomic mass is 10.2. The normalized spacial score (nSPS) is 21.9. The zero-order valence-corrected chi connectivity index (χ0v) is 16.7. The Morgan fingerprint density at radius 3 is 2.57 bits per heavy atom. The van der Waals surface area contributed by atoms with Crippen molar-refractivity contribution in [3.8, 4) is 0 Å². The van der Waals surface area contributed by atoms with Crippen LogP contribution in [0.25, 0.3) is 0 Å². The predicted molar refractivity (Wildman–Crippen MR) is 99.6 cm³/mol. The second kappa shape index (κ2) is 9.78. The van der Waals surface area contributed by atoms with Crippen molar-refractivity contribution >= 4 is 11.9 Å². The highest BCUT2D eigenvalue weighted by Crippen LogP contribution is 2.32. The number of halogens is 3. The van der Waals surface area contributed by atoms with Crippen molar-refractivity contribution in [1.82, 2.24) is 19.8 Å². The Kier molecular flexibility index (Phi) is 7.35. The quantitative estimate of drug-likeness (QED) is 0.734. The molecule has 11 heteroatoms. The molecule has 2 fully saturated rings. The lowest BCUT2D eigenvalue weighted by Crippen LogP contribution is -2.37. The fraction of sp³-hybridized carbons (Fsp3) is 0.737. The number of imidazole rings is 1. The third-order valence-electron chi connectivity index (χ3n) is 5.56. The van der Waals surface area contributed by atoms with Gasteiger partial charge in [-0.25, -0.2) is 9.78 Å². The van der Waals surface area contributed by atoms with Gasteiger partial charge in [0.2, 0.25) is 5.91 Å². The number of carbonyl (C=O) groups excluding carboxylic acids is 1. The fourth-order valence-electron chi connectivity index (χ4n) is 3.67. The average Bonchev–Trinajstić information content (AvgIpc) is 3.23. The van der Waals surface area contributed by atoms with Gasteiger partial charge in [-0.1, -0.05) is 0 Å². The maximum absolute atomic E-state index is 11.9. The van der Waals surface area contributed by atoms with Gasteiger partial charge in [0.1, 0.15) is 5.82 Å². The van der Waals surface area contributed by atoms with Crippen molar-refractivity contribution in [3.05, 3.63) is 17.7 Å². The van der Waals surface area contributed by atoms with Gasteiger partial charge < -0.3 is 19.7 Å². The SMILES string of the molecule is O=C(CC1CC1)NCc1cnc2n1CCN(C1CCOC1)CC2.O=C(O)C(F)(F)F. The highest BCUT2D eigenvalue weighted by atomic mass is 19.4. The molecule has 1 aromatic heterocycles. The number of carboxylic acids is 1. The van der Waals surface area contributed by atoms with Crippen LogP contribution in [0.15, 0.2) is 6.20 Å². The molecule has 30 heavy (non-hydrogen) atoms. The second-order valence-electron chi connectivity index (χ2n) is 7.85. The topological polar surface area (TPSA) is 96.7 Å². The number of ether oxygens (including phenoxy) is 1. The summed E-state index contributed by atoms with van der Waals surface area (Å²) in [5.74, 6) is -0.786. The van der Waals surface area contributed by atoms with Crippen LogP contribution in [-0.4, -0.2) is 70.0 Å². The van der Waals surface area contributed by atoms with E-state index in [9.17, 15) is 18.0 Å². The van der Waals surface area contributed by atoms with Crippen LogP contribution in [0.4, 0.5) is 13.2 Å². The van der Waals surface area contributed by atoms with Gasteiger partial charge in [0.05, 0.1) is 25.0 Å². The summed E-state index contributed by atoms with van der Waals surface area (Å²) in [5.41, 5.74) is 1.13. The first-order valence-electron chi connectivity index (χ1n) is 10.2. The van der Waals surface area contributed by atoms with E-state index in [-0.39, 0.29) is 5.91 Å². The molecule has 8 nitrogen and oxygen atoms in total. The number of hydrogen-bond donors (Lipinski definition) is 2. The highest BCUT2D eigenvalue weighted by Gasteiger charge is 2.38. The van der Waals surface area contributed by atoms with Gasteiger partial charge in [-0.05, 0) is 25.2 Å². The third-order valence-corrected chi connectivity index (χ3v) is 5.56. The molecule has 3 aliphatic rings. The van der Waals surface area contributed by atoms with Gasteiger partial charge in [0.15, 0.2) is 0 Å². The molecule has 168 valence electrons. The van der Waals surface area contributed by atoms with Gasteiger partial charge >= 0.3 is 12.1 Å². The van der Waals surface area contributed by atoms with E-state index in [0.717, 1.165) is 57.2 Å². The zero-order valence-electron chi connectivity index (χ0n) is 16.7. The molecule has 0 spiro atoms. The number of carbonyl (C=O) groups is 2. The van der Waals surface area contributed by atoms with E-state index in [1.165, 1.54) is 12.8 Å². The minimum Gasteiger partial charge on any atom is -0.475 e. The van der Waals surface area contributed by atoms with Crippen LogP contribution in [0.2, 0.25) is 0 Å². The first-order chi connectivity index (χ1) is 14.2. The van der Waals surface area contributed by atoms with E-state index in [1.54, 1.807) is 0 Å². The summed E-state index contributed by atoms with van der Waals surface area (Å²) in [4.78, 5) is 27.9. The Bertz CT molecular complexity index is 743. The largest absolute Gasteiger partial charge is 0.490 e. The number of aliphatic carboxylic acids is 1. The Morgan fingerprint density at radius 1 is 1.23 bits per heavy atom. The number of amides is 1. The van der Waals surface area contributed by atoms with Crippen LogP contribution >= 0.6 is 0 Å². The smallest absolute Gasteiger partial charge is 0.475 e. The van der Waals surface area contributed by atoms with Gasteiger partial charge in [0.25, 0.3) is 0 Å². The standard InChI is InChI=1S/C17H26N4O2.C2HF3O2/c22-17(9-13-1-2-13)19-11-15-10-18-16-3-5-20(6-7-21(15)16)14-4-8-23-12-14;3-2(4,5)1(6)7/h10,13-14H,1-9,11-12H2,(H,19,22);(H,6,7). The molecule has 1 aromatic rings. The summed E-state index contributed by atoms with van der Waals surface area (Å²) in [6, 6.07) is 0.571. The molecular weight excluding hydrogens is 405 g/mol. The molecular formula is C19H27F3N4O4. The summed E-state index contributed by atoms with van der Waals surface area (Å²) in [6.45, 7) is 5.42. The van der Waals surface area contributed by atoms with Gasteiger partial charge in [-0.2, -0.15) is 13.2 Å². The molecule has 2 N–H and O–H groups in total. The van der Waals surface area contributed by atoms with Crippen LogP contribution < -0.4 is 5.32 Å². The number of nitrogens with zero attached hydrogens (tertiary/aromatic N) is 3. The Labute approximate surface area is 172 Å². The van der Waals surface area contributed by atoms with Crippen molar-refractivity contribution in [1.29, 1.82) is 0 Å². The number of aromatic nitrogens is 2. The van der Waals surface area contributed by atoms with Crippen molar-refractivity contribution in [2.75, 3.05) is 26.3 Å². The molecule has 2 aliphatic heterocycles. The highest BCUT2D eigenvalue weighted by molar-refractivity contribution is 5.76. The molecule has 0 radical (unpaired) electrons. The average molecular weight is 432 g/mol.